The van der Waals surface area contributed by atoms with Crippen molar-refractivity contribution in [2.45, 2.75) is 6.18 Å². The molecule has 0 amide bonds. The Hall–Kier alpha value is -1.77. The van der Waals surface area contributed by atoms with E-state index < -0.39 is 17.6 Å². The van der Waals surface area contributed by atoms with Crippen LogP contribution in [0.4, 0.5) is 18.9 Å². The topological polar surface area (TPSA) is 62.7 Å². The zero-order valence-corrected chi connectivity index (χ0v) is 6.26. The number of nitriles is 1. The maximum Gasteiger partial charge on any atom is 0.435 e. The highest BCUT2D eigenvalue weighted by Crippen LogP contribution is 2.32. The van der Waals surface area contributed by atoms with E-state index >= 15 is 0 Å². The second-order valence-electron chi connectivity index (χ2n) is 2.23. The van der Waals surface area contributed by atoms with Gasteiger partial charge in [-0.2, -0.15) is 18.4 Å². The molecule has 6 heteroatoms. The van der Waals surface area contributed by atoms with Gasteiger partial charge in [-0.3, -0.25) is 0 Å². The van der Waals surface area contributed by atoms with Gasteiger partial charge in [0.1, 0.15) is 6.07 Å². The van der Waals surface area contributed by atoms with Crippen molar-refractivity contribution in [2.24, 2.45) is 0 Å². The Kier molecular flexibility index (Phi) is 2.10. The highest BCUT2D eigenvalue weighted by atomic mass is 19.4. The summed E-state index contributed by atoms with van der Waals surface area (Å²) in [6.45, 7) is 0. The number of pyridine rings is 1. The van der Waals surface area contributed by atoms with Crippen molar-refractivity contribution < 1.29 is 13.2 Å². The lowest BCUT2D eigenvalue weighted by atomic mass is 10.2. The van der Waals surface area contributed by atoms with Crippen molar-refractivity contribution in [2.75, 3.05) is 5.73 Å². The van der Waals surface area contributed by atoms with Gasteiger partial charge in [-0.15, -0.1) is 0 Å². The normalized spacial score (nSPS) is 10.9. The Morgan fingerprint density at radius 1 is 1.46 bits per heavy atom. The van der Waals surface area contributed by atoms with Crippen LogP contribution in [0.5, 0.6) is 0 Å². The average molecular weight is 187 g/mol. The van der Waals surface area contributed by atoms with Gasteiger partial charge >= 0.3 is 6.18 Å². The standard InChI is InChI=1S/C7H4F3N3/c8-7(9,10)6-5(12)4(3-11)1-2-13-6/h1-2H,12H2. The summed E-state index contributed by atoms with van der Waals surface area (Å²) in [7, 11) is 0. The molecule has 0 aromatic carbocycles. The minimum Gasteiger partial charge on any atom is -0.396 e. The van der Waals surface area contributed by atoms with Crippen molar-refractivity contribution in [3.63, 3.8) is 0 Å². The number of nitrogens with zero attached hydrogens (tertiary/aromatic N) is 2. The van der Waals surface area contributed by atoms with Crippen molar-refractivity contribution in [1.29, 1.82) is 5.26 Å². The van der Waals surface area contributed by atoms with E-state index in [4.69, 9.17) is 11.0 Å². The Bertz CT molecular complexity index is 364. The molecule has 2 N–H and O–H groups in total. The largest absolute Gasteiger partial charge is 0.435 e. The molecule has 1 heterocycles. The number of hydrogen-bond donors (Lipinski definition) is 1. The highest BCUT2D eigenvalue weighted by Gasteiger charge is 2.35. The zero-order valence-electron chi connectivity index (χ0n) is 6.26. The molecule has 0 saturated carbocycles. The Balaban J connectivity index is 3.34. The van der Waals surface area contributed by atoms with E-state index in [1.54, 1.807) is 6.07 Å². The molecule has 1 rings (SSSR count). The summed E-state index contributed by atoms with van der Waals surface area (Å²) in [5, 5.41) is 8.38. The molecule has 0 atom stereocenters. The minimum atomic E-state index is -4.61. The lowest BCUT2D eigenvalue weighted by Crippen LogP contribution is -2.12. The fourth-order valence-electron chi connectivity index (χ4n) is 0.797. The third kappa shape index (κ3) is 1.69. The van der Waals surface area contributed by atoms with Gasteiger partial charge in [0.2, 0.25) is 0 Å². The molecule has 0 radical (unpaired) electrons. The molecule has 0 aliphatic heterocycles. The minimum absolute atomic E-state index is 0.220. The molecule has 1 aromatic heterocycles. The molecule has 68 valence electrons. The summed E-state index contributed by atoms with van der Waals surface area (Å²) < 4.78 is 36.3. The van der Waals surface area contributed by atoms with Gasteiger partial charge in [0.05, 0.1) is 11.3 Å². The molecule has 0 bridgehead atoms. The van der Waals surface area contributed by atoms with Gasteiger partial charge in [0.15, 0.2) is 5.69 Å². The summed E-state index contributed by atoms with van der Waals surface area (Å²) in [5.74, 6) is 0. The number of rotatable bonds is 0. The second-order valence-corrected chi connectivity index (χ2v) is 2.23. The fraction of sp³-hybridized carbons (Fsp3) is 0.143. The van der Waals surface area contributed by atoms with E-state index in [9.17, 15) is 13.2 Å². The van der Waals surface area contributed by atoms with Crippen LogP contribution in [0.1, 0.15) is 11.3 Å². The first kappa shape index (κ1) is 9.32. The van der Waals surface area contributed by atoms with E-state index in [1.165, 1.54) is 0 Å². The smallest absolute Gasteiger partial charge is 0.396 e. The number of nitrogens with two attached hydrogens (primary N) is 1. The second kappa shape index (κ2) is 2.94. The molecule has 0 spiro atoms. The zero-order chi connectivity index (χ0) is 10.1. The molecular formula is C7H4F3N3. The van der Waals surface area contributed by atoms with Gasteiger partial charge in [0, 0.05) is 6.20 Å². The maximum atomic E-state index is 12.1. The Labute approximate surface area is 71.6 Å². The van der Waals surface area contributed by atoms with Crippen molar-refractivity contribution in [3.8, 4) is 6.07 Å². The molecule has 1 aromatic rings. The number of aromatic nitrogens is 1. The summed E-state index contributed by atoms with van der Waals surface area (Å²) in [4.78, 5) is 3.06. The summed E-state index contributed by atoms with van der Waals surface area (Å²) in [5.41, 5.74) is 3.01. The van der Waals surface area contributed by atoms with Crippen molar-refractivity contribution in [1.82, 2.24) is 4.98 Å². The molecule has 0 unspecified atom stereocenters. The highest BCUT2D eigenvalue weighted by molar-refractivity contribution is 5.57. The van der Waals surface area contributed by atoms with Crippen LogP contribution >= 0.6 is 0 Å². The number of hydrogen-bond acceptors (Lipinski definition) is 3. The Morgan fingerprint density at radius 3 is 2.54 bits per heavy atom. The van der Waals surface area contributed by atoms with Crippen LogP contribution < -0.4 is 5.73 Å². The van der Waals surface area contributed by atoms with Crippen LogP contribution in [0.2, 0.25) is 0 Å². The van der Waals surface area contributed by atoms with Crippen molar-refractivity contribution in [3.05, 3.63) is 23.5 Å². The van der Waals surface area contributed by atoms with Crippen LogP contribution in [0.3, 0.4) is 0 Å². The number of alkyl halides is 3. The van der Waals surface area contributed by atoms with Crippen LogP contribution in [0.25, 0.3) is 0 Å². The SMILES string of the molecule is N#Cc1ccnc(C(F)(F)F)c1N. The fourth-order valence-corrected chi connectivity index (χ4v) is 0.797. The monoisotopic (exact) mass is 187 g/mol. The number of halogens is 3. The maximum absolute atomic E-state index is 12.1. The first-order chi connectivity index (χ1) is 5.96. The lowest BCUT2D eigenvalue weighted by molar-refractivity contribution is -0.140. The van der Waals surface area contributed by atoms with Gasteiger partial charge in [-0.1, -0.05) is 0 Å². The number of nitrogen functional groups attached to an aromatic ring is 1. The van der Waals surface area contributed by atoms with E-state index in [-0.39, 0.29) is 5.56 Å². The van der Waals surface area contributed by atoms with Gasteiger partial charge < -0.3 is 5.73 Å². The van der Waals surface area contributed by atoms with Gasteiger partial charge in [-0.05, 0) is 6.07 Å². The van der Waals surface area contributed by atoms with Gasteiger partial charge in [0.25, 0.3) is 0 Å². The number of anilines is 1. The third-order valence-corrected chi connectivity index (χ3v) is 1.38. The van der Waals surface area contributed by atoms with E-state index in [0.717, 1.165) is 12.3 Å². The molecule has 0 saturated heterocycles. The third-order valence-electron chi connectivity index (χ3n) is 1.38. The van der Waals surface area contributed by atoms with Crippen LogP contribution in [0, 0.1) is 11.3 Å². The van der Waals surface area contributed by atoms with E-state index in [0.29, 0.717) is 0 Å². The van der Waals surface area contributed by atoms with E-state index in [2.05, 4.69) is 4.98 Å². The predicted molar refractivity (Wildman–Crippen MR) is 38.4 cm³/mol. The van der Waals surface area contributed by atoms with Crippen LogP contribution in [0.15, 0.2) is 12.3 Å². The molecular weight excluding hydrogens is 183 g/mol. The quantitative estimate of drug-likeness (QED) is 0.670. The first-order valence-corrected chi connectivity index (χ1v) is 3.18. The van der Waals surface area contributed by atoms with Crippen LogP contribution in [-0.2, 0) is 6.18 Å². The summed E-state index contributed by atoms with van der Waals surface area (Å²) in [6.07, 6.45) is -3.71. The molecule has 0 aliphatic carbocycles. The average Bonchev–Trinajstić information content (AvgIpc) is 2.02. The van der Waals surface area contributed by atoms with Crippen LogP contribution in [-0.4, -0.2) is 4.98 Å². The van der Waals surface area contributed by atoms with Crippen molar-refractivity contribution >= 4 is 5.69 Å². The Morgan fingerprint density at radius 2 is 2.08 bits per heavy atom. The first-order valence-electron chi connectivity index (χ1n) is 3.18. The summed E-state index contributed by atoms with van der Waals surface area (Å²) in [6, 6.07) is 2.67. The predicted octanol–water partition coefficient (Wildman–Crippen LogP) is 1.55. The van der Waals surface area contributed by atoms with Gasteiger partial charge in [-0.25, -0.2) is 4.98 Å². The molecule has 0 fully saturated rings. The van der Waals surface area contributed by atoms with E-state index in [1.807, 2.05) is 0 Å². The lowest BCUT2D eigenvalue weighted by Gasteiger charge is -2.08. The molecule has 0 aliphatic rings. The summed E-state index contributed by atoms with van der Waals surface area (Å²) >= 11 is 0. The molecule has 13 heavy (non-hydrogen) atoms. The molecule has 3 nitrogen and oxygen atoms in total.